The van der Waals surface area contributed by atoms with Gasteiger partial charge in [-0.15, -0.1) is 5.06 Å². The summed E-state index contributed by atoms with van der Waals surface area (Å²) in [5.74, 6) is -2.85. The number of sulfone groups is 1. The van der Waals surface area contributed by atoms with Crippen LogP contribution in [0, 0.1) is 0 Å². The topological polar surface area (TPSA) is 185 Å². The quantitative estimate of drug-likeness (QED) is 0.337. The van der Waals surface area contributed by atoms with E-state index in [1.165, 1.54) is 23.0 Å². The summed E-state index contributed by atoms with van der Waals surface area (Å²) in [4.78, 5) is 64.7. The summed E-state index contributed by atoms with van der Waals surface area (Å²) in [7, 11) is -3.49. The Kier molecular flexibility index (Phi) is 11.1. The summed E-state index contributed by atoms with van der Waals surface area (Å²) < 4.78 is 29.3. The first-order valence-corrected chi connectivity index (χ1v) is 14.9. The molecular weight excluding hydrogens is 558 g/mol. The highest BCUT2D eigenvalue weighted by atomic mass is 32.2. The molecule has 1 aliphatic rings. The first-order valence-electron chi connectivity index (χ1n) is 13.1. The molecule has 0 saturated carbocycles. The van der Waals surface area contributed by atoms with Crippen molar-refractivity contribution >= 4 is 33.8 Å². The van der Waals surface area contributed by atoms with Gasteiger partial charge >= 0.3 is 12.1 Å². The molecule has 1 aliphatic heterocycles. The highest BCUT2D eigenvalue weighted by molar-refractivity contribution is 7.90. The third-order valence-electron chi connectivity index (χ3n) is 6.12. The van der Waals surface area contributed by atoms with Crippen LogP contribution in [0.25, 0.3) is 11.4 Å². The molecule has 0 spiro atoms. The number of nitrogens with one attached hydrogen (secondary N) is 1. The van der Waals surface area contributed by atoms with Gasteiger partial charge in [-0.2, -0.15) is 0 Å². The van der Waals surface area contributed by atoms with Crippen molar-refractivity contribution in [3.05, 3.63) is 47.8 Å². The van der Waals surface area contributed by atoms with E-state index in [0.29, 0.717) is 5.56 Å². The van der Waals surface area contributed by atoms with Crippen LogP contribution in [0.5, 0.6) is 0 Å². The Bertz CT molecular complexity index is 1350. The van der Waals surface area contributed by atoms with Crippen LogP contribution in [-0.4, -0.2) is 102 Å². The normalized spacial score (nSPS) is 14.6. The molecule has 222 valence electrons. The number of hydrogen-bond donors (Lipinski definition) is 2. The van der Waals surface area contributed by atoms with Gasteiger partial charge in [0.2, 0.25) is 5.91 Å². The van der Waals surface area contributed by atoms with E-state index in [0.717, 1.165) is 0 Å². The van der Waals surface area contributed by atoms with E-state index in [-0.39, 0.29) is 68.6 Å². The van der Waals surface area contributed by atoms with E-state index >= 15 is 0 Å². The zero-order valence-corrected chi connectivity index (χ0v) is 23.6. The number of nitrogens with zero attached hydrogens (tertiary/aromatic N) is 4. The molecule has 0 unspecified atom stereocenters. The lowest BCUT2D eigenvalue weighted by Crippen LogP contribution is -2.55. The zero-order valence-electron chi connectivity index (χ0n) is 22.8. The van der Waals surface area contributed by atoms with Crippen LogP contribution in [0.4, 0.5) is 4.79 Å². The maximum atomic E-state index is 13.3. The molecule has 14 nitrogen and oxygen atoms in total. The van der Waals surface area contributed by atoms with Crippen LogP contribution in [0.1, 0.15) is 42.9 Å². The van der Waals surface area contributed by atoms with Crippen LogP contribution in [0.2, 0.25) is 0 Å². The smallest absolute Gasteiger partial charge is 0.481 e. The van der Waals surface area contributed by atoms with Crippen molar-refractivity contribution < 1.29 is 42.3 Å². The van der Waals surface area contributed by atoms with Gasteiger partial charge in [0, 0.05) is 30.8 Å². The molecule has 1 aromatic carbocycles. The van der Waals surface area contributed by atoms with Crippen molar-refractivity contribution in [3.63, 3.8) is 0 Å². The lowest BCUT2D eigenvalue weighted by Gasteiger charge is -2.35. The van der Waals surface area contributed by atoms with Gasteiger partial charge in [0.15, 0.2) is 15.7 Å². The molecule has 2 amide bonds. The second-order valence-corrected chi connectivity index (χ2v) is 11.5. The Balaban J connectivity index is 1.81. The summed E-state index contributed by atoms with van der Waals surface area (Å²) in [6.45, 7) is 3.98. The zero-order chi connectivity index (χ0) is 30.0. The van der Waals surface area contributed by atoms with Crippen molar-refractivity contribution in [2.45, 2.75) is 38.5 Å². The standard InChI is InChI=1S/C26H33N5O9S/c1-3-39-26(36)40-31-14-12-30(13-15-31)25(35)20(10-11-22(32)33)29-24(34)21-16-19(17-41(37,38)4-2)27-23(28-21)18-8-6-5-7-9-18/h5-9,16,20H,3-4,10-15,17H2,1-2H3,(H,29,34)(H,32,33)/t20-/m0/s1. The van der Waals surface area contributed by atoms with Gasteiger partial charge in [0.05, 0.1) is 31.1 Å². The Morgan fingerprint density at radius 2 is 1.73 bits per heavy atom. The van der Waals surface area contributed by atoms with Crippen LogP contribution in [0.15, 0.2) is 36.4 Å². The number of hydroxylamine groups is 2. The van der Waals surface area contributed by atoms with E-state index in [2.05, 4.69) is 15.3 Å². The van der Waals surface area contributed by atoms with Crippen molar-refractivity contribution in [2.75, 3.05) is 38.5 Å². The third kappa shape index (κ3) is 9.49. The van der Waals surface area contributed by atoms with E-state index in [9.17, 15) is 32.7 Å². The number of ether oxygens (including phenoxy) is 1. The second kappa shape index (κ2) is 14.5. The minimum atomic E-state index is -3.49. The van der Waals surface area contributed by atoms with Gasteiger partial charge < -0.3 is 24.9 Å². The van der Waals surface area contributed by atoms with E-state index in [4.69, 9.17) is 9.57 Å². The number of carbonyl (C=O) groups excluding carboxylic acids is 3. The molecule has 1 aromatic heterocycles. The summed E-state index contributed by atoms with van der Waals surface area (Å²) >= 11 is 0. The molecule has 1 atom stereocenters. The number of rotatable bonds is 12. The predicted octanol–water partition coefficient (Wildman–Crippen LogP) is 1.27. The Morgan fingerprint density at radius 1 is 1.05 bits per heavy atom. The van der Waals surface area contributed by atoms with Gasteiger partial charge in [0.1, 0.15) is 11.7 Å². The number of piperazine rings is 1. The van der Waals surface area contributed by atoms with Crippen molar-refractivity contribution in [1.29, 1.82) is 0 Å². The molecule has 2 N–H and O–H groups in total. The number of hydrogen-bond acceptors (Lipinski definition) is 11. The first kappa shape index (κ1) is 31.4. The number of carboxylic acid groups (broad SMARTS) is 1. The van der Waals surface area contributed by atoms with Crippen molar-refractivity contribution in [3.8, 4) is 11.4 Å². The highest BCUT2D eigenvalue weighted by Crippen LogP contribution is 2.18. The summed E-state index contributed by atoms with van der Waals surface area (Å²) in [6.07, 6.45) is -1.43. The van der Waals surface area contributed by atoms with Gasteiger partial charge in [-0.05, 0) is 19.4 Å². The van der Waals surface area contributed by atoms with Crippen molar-refractivity contribution in [1.82, 2.24) is 25.2 Å². The Hall–Kier alpha value is -4.11. The number of carboxylic acids is 1. The number of amides is 2. The monoisotopic (exact) mass is 591 g/mol. The minimum absolute atomic E-state index is 0.108. The van der Waals surface area contributed by atoms with Gasteiger partial charge in [-0.25, -0.2) is 23.2 Å². The maximum Gasteiger partial charge on any atom is 0.527 e. The summed E-state index contributed by atoms with van der Waals surface area (Å²) in [5.41, 5.74) is 0.497. The fourth-order valence-corrected chi connectivity index (χ4v) is 4.76. The van der Waals surface area contributed by atoms with Crippen LogP contribution in [-0.2, 0) is 34.8 Å². The van der Waals surface area contributed by atoms with E-state index in [1.807, 2.05) is 0 Å². The Labute approximate surface area is 237 Å². The molecule has 0 bridgehead atoms. The number of carbonyl (C=O) groups is 4. The highest BCUT2D eigenvalue weighted by Gasteiger charge is 2.31. The summed E-state index contributed by atoms with van der Waals surface area (Å²) in [6, 6.07) is 8.73. The largest absolute Gasteiger partial charge is 0.527 e. The minimum Gasteiger partial charge on any atom is -0.481 e. The molecular formula is C26H33N5O9S. The average Bonchev–Trinajstić information content (AvgIpc) is 2.95. The molecule has 0 aliphatic carbocycles. The summed E-state index contributed by atoms with van der Waals surface area (Å²) in [5, 5.41) is 13.1. The van der Waals surface area contributed by atoms with Gasteiger partial charge in [-0.3, -0.25) is 14.4 Å². The van der Waals surface area contributed by atoms with Crippen LogP contribution >= 0.6 is 0 Å². The van der Waals surface area contributed by atoms with Crippen LogP contribution in [0.3, 0.4) is 0 Å². The molecule has 0 radical (unpaired) electrons. The second-order valence-electron chi connectivity index (χ2n) is 9.10. The lowest BCUT2D eigenvalue weighted by molar-refractivity contribution is -0.157. The molecule has 15 heteroatoms. The SMILES string of the molecule is CCOC(=O)ON1CCN(C(=O)[C@H](CCC(=O)O)NC(=O)c2cc(CS(=O)(=O)CC)nc(-c3ccccc3)n2)CC1. The molecule has 3 rings (SSSR count). The number of aliphatic carboxylic acids is 1. The molecule has 41 heavy (non-hydrogen) atoms. The lowest BCUT2D eigenvalue weighted by atomic mass is 10.1. The number of benzene rings is 1. The first-order chi connectivity index (χ1) is 19.5. The van der Waals surface area contributed by atoms with Gasteiger partial charge in [-0.1, -0.05) is 37.3 Å². The van der Waals surface area contributed by atoms with E-state index < -0.39 is 45.6 Å². The Morgan fingerprint density at radius 3 is 2.34 bits per heavy atom. The van der Waals surface area contributed by atoms with Crippen LogP contribution < -0.4 is 5.32 Å². The molecule has 1 fully saturated rings. The van der Waals surface area contributed by atoms with Crippen molar-refractivity contribution in [2.24, 2.45) is 0 Å². The average molecular weight is 592 g/mol. The predicted molar refractivity (Wildman–Crippen MR) is 145 cm³/mol. The molecule has 2 aromatic rings. The third-order valence-corrected chi connectivity index (χ3v) is 7.73. The van der Waals surface area contributed by atoms with E-state index in [1.54, 1.807) is 37.3 Å². The molecule has 1 saturated heterocycles. The van der Waals surface area contributed by atoms with Gasteiger partial charge in [0.25, 0.3) is 5.91 Å². The molecule has 2 heterocycles. The maximum absolute atomic E-state index is 13.3. The number of aromatic nitrogens is 2. The fourth-order valence-electron chi connectivity index (χ4n) is 3.96. The fraction of sp³-hybridized carbons (Fsp3) is 0.462.